The number of nitrogens with one attached hydrogen (secondary N) is 1. The fraction of sp³-hybridized carbons (Fsp3) is 0. The molecular formula is C14H9Cl2N3O2. The first-order valence-corrected chi connectivity index (χ1v) is 6.73. The molecule has 0 saturated heterocycles. The molecule has 1 aromatic heterocycles. The van der Waals surface area contributed by atoms with E-state index in [1.165, 1.54) is 6.07 Å². The minimum absolute atomic E-state index is 0.0249. The number of anilines is 2. The quantitative estimate of drug-likeness (QED) is 0.695. The van der Waals surface area contributed by atoms with Crippen LogP contribution in [0.1, 0.15) is 0 Å². The zero-order chi connectivity index (χ0) is 14.8. The average molecular weight is 322 g/mol. The summed E-state index contributed by atoms with van der Waals surface area (Å²) in [6, 6.07) is 11.9. The van der Waals surface area contributed by atoms with Crippen molar-refractivity contribution in [1.82, 2.24) is 10.2 Å². The monoisotopic (exact) mass is 321 g/mol. The van der Waals surface area contributed by atoms with Crippen LogP contribution in [0.4, 0.5) is 11.7 Å². The number of hydrogen-bond acceptors (Lipinski definition) is 5. The maximum atomic E-state index is 9.73. The van der Waals surface area contributed by atoms with E-state index in [-0.39, 0.29) is 17.7 Å². The Labute approximate surface area is 130 Å². The first kappa shape index (κ1) is 13.7. The Hall–Kier alpha value is -2.24. The van der Waals surface area contributed by atoms with Crippen LogP contribution in [0.5, 0.6) is 5.75 Å². The molecule has 3 rings (SSSR count). The van der Waals surface area contributed by atoms with Crippen LogP contribution in [0.25, 0.3) is 11.5 Å². The topological polar surface area (TPSA) is 71.2 Å². The summed E-state index contributed by atoms with van der Waals surface area (Å²) in [4.78, 5) is 0. The number of nitrogens with zero attached hydrogens (tertiary/aromatic N) is 2. The number of phenols is 1. The van der Waals surface area contributed by atoms with Crippen LogP contribution in [0, 0.1) is 0 Å². The highest BCUT2D eigenvalue weighted by Gasteiger charge is 2.12. The van der Waals surface area contributed by atoms with Gasteiger partial charge in [-0.05, 0) is 30.3 Å². The highest BCUT2D eigenvalue weighted by Crippen LogP contribution is 2.31. The van der Waals surface area contributed by atoms with E-state index >= 15 is 0 Å². The molecule has 1 heterocycles. The maximum absolute atomic E-state index is 9.73. The van der Waals surface area contributed by atoms with Gasteiger partial charge in [-0.25, -0.2) is 0 Å². The Morgan fingerprint density at radius 1 is 1.05 bits per heavy atom. The van der Waals surface area contributed by atoms with Crippen molar-refractivity contribution in [2.75, 3.05) is 5.32 Å². The van der Waals surface area contributed by atoms with Gasteiger partial charge in [0.2, 0.25) is 0 Å². The van der Waals surface area contributed by atoms with Gasteiger partial charge >= 0.3 is 6.01 Å². The molecule has 0 aliphatic carbocycles. The van der Waals surface area contributed by atoms with E-state index in [4.69, 9.17) is 27.6 Å². The normalized spacial score (nSPS) is 10.6. The molecule has 0 amide bonds. The van der Waals surface area contributed by atoms with Crippen LogP contribution >= 0.6 is 23.2 Å². The molecule has 2 aromatic carbocycles. The molecule has 0 aliphatic rings. The summed E-state index contributed by atoms with van der Waals surface area (Å²) in [5.74, 6) is 0.307. The fourth-order valence-electron chi connectivity index (χ4n) is 1.74. The van der Waals surface area contributed by atoms with Crippen LogP contribution in [0.15, 0.2) is 46.9 Å². The summed E-state index contributed by atoms with van der Waals surface area (Å²) >= 11 is 11.9. The van der Waals surface area contributed by atoms with Crippen LogP contribution in [0.2, 0.25) is 10.0 Å². The minimum atomic E-state index is 0.0249. The molecule has 2 N–H and O–H groups in total. The van der Waals surface area contributed by atoms with Gasteiger partial charge in [-0.3, -0.25) is 0 Å². The Bertz CT molecular complexity index is 789. The first-order valence-electron chi connectivity index (χ1n) is 5.97. The largest absolute Gasteiger partial charge is 0.506 e. The molecule has 21 heavy (non-hydrogen) atoms. The maximum Gasteiger partial charge on any atom is 0.320 e. The van der Waals surface area contributed by atoms with Crippen molar-refractivity contribution in [2.45, 2.75) is 0 Å². The fourth-order valence-corrected chi connectivity index (χ4v) is 2.13. The van der Waals surface area contributed by atoms with Gasteiger partial charge in [-0.15, -0.1) is 5.10 Å². The van der Waals surface area contributed by atoms with Crippen molar-refractivity contribution in [3.8, 4) is 17.2 Å². The second kappa shape index (κ2) is 5.63. The number of hydrogen-bond donors (Lipinski definition) is 2. The van der Waals surface area contributed by atoms with Crippen LogP contribution in [-0.4, -0.2) is 15.3 Å². The highest BCUT2D eigenvalue weighted by molar-refractivity contribution is 6.33. The predicted molar refractivity (Wildman–Crippen MR) is 81.1 cm³/mol. The summed E-state index contributed by atoms with van der Waals surface area (Å²) in [6.07, 6.45) is 0. The molecule has 0 fully saturated rings. The number of phenolic OH excluding ortho intramolecular Hbond substituents is 1. The van der Waals surface area contributed by atoms with Gasteiger partial charge < -0.3 is 14.8 Å². The van der Waals surface area contributed by atoms with Crippen molar-refractivity contribution >= 4 is 34.9 Å². The van der Waals surface area contributed by atoms with Crippen LogP contribution in [0.3, 0.4) is 0 Å². The van der Waals surface area contributed by atoms with E-state index in [2.05, 4.69) is 15.5 Å². The lowest BCUT2D eigenvalue weighted by molar-refractivity contribution is 0.477. The van der Waals surface area contributed by atoms with E-state index in [9.17, 15) is 5.11 Å². The zero-order valence-corrected chi connectivity index (χ0v) is 12.1. The van der Waals surface area contributed by atoms with E-state index in [1.807, 2.05) is 12.1 Å². The van der Waals surface area contributed by atoms with Gasteiger partial charge in [0.25, 0.3) is 5.89 Å². The summed E-state index contributed by atoms with van der Waals surface area (Å²) in [5, 5.41) is 21.3. The highest BCUT2D eigenvalue weighted by atomic mass is 35.5. The Kier molecular flexibility index (Phi) is 3.68. The van der Waals surface area contributed by atoms with E-state index in [1.54, 1.807) is 24.3 Å². The van der Waals surface area contributed by atoms with Crippen molar-refractivity contribution in [2.24, 2.45) is 0 Å². The second-order valence-electron chi connectivity index (χ2n) is 4.18. The molecule has 0 saturated carbocycles. The lowest BCUT2D eigenvalue weighted by Crippen LogP contribution is -1.90. The number of aromatic hydroxyl groups is 1. The third-order valence-electron chi connectivity index (χ3n) is 2.73. The van der Waals surface area contributed by atoms with Crippen LogP contribution < -0.4 is 5.32 Å². The Morgan fingerprint density at radius 3 is 2.67 bits per heavy atom. The van der Waals surface area contributed by atoms with Gasteiger partial charge in [0.05, 0.1) is 16.3 Å². The number of benzene rings is 2. The van der Waals surface area contributed by atoms with E-state index < -0.39 is 0 Å². The second-order valence-corrected chi connectivity index (χ2v) is 5.02. The number of rotatable bonds is 3. The van der Waals surface area contributed by atoms with Gasteiger partial charge in [0.1, 0.15) is 5.75 Å². The minimum Gasteiger partial charge on any atom is -0.506 e. The smallest absolute Gasteiger partial charge is 0.320 e. The molecule has 0 unspecified atom stereocenters. The van der Waals surface area contributed by atoms with Crippen molar-refractivity contribution in [3.05, 3.63) is 52.5 Å². The number of aromatic nitrogens is 2. The predicted octanol–water partition coefficient (Wildman–Crippen LogP) is 4.49. The average Bonchev–Trinajstić information content (AvgIpc) is 2.92. The van der Waals surface area contributed by atoms with E-state index in [0.717, 1.165) is 0 Å². The van der Waals surface area contributed by atoms with Crippen molar-refractivity contribution in [3.63, 3.8) is 0 Å². The van der Waals surface area contributed by atoms with E-state index in [0.29, 0.717) is 21.3 Å². The molecule has 106 valence electrons. The third kappa shape index (κ3) is 2.94. The van der Waals surface area contributed by atoms with Gasteiger partial charge in [-0.2, -0.15) is 0 Å². The molecule has 0 radical (unpaired) electrons. The van der Waals surface area contributed by atoms with Gasteiger partial charge in [-0.1, -0.05) is 40.4 Å². The van der Waals surface area contributed by atoms with Crippen LogP contribution in [-0.2, 0) is 0 Å². The van der Waals surface area contributed by atoms with Gasteiger partial charge in [0.15, 0.2) is 0 Å². The summed E-state index contributed by atoms with van der Waals surface area (Å²) in [6.45, 7) is 0. The first-order chi connectivity index (χ1) is 10.1. The molecule has 0 atom stereocenters. The van der Waals surface area contributed by atoms with Gasteiger partial charge in [0, 0.05) is 5.02 Å². The zero-order valence-electron chi connectivity index (χ0n) is 10.5. The molecule has 5 nitrogen and oxygen atoms in total. The molecular weight excluding hydrogens is 313 g/mol. The van der Waals surface area contributed by atoms with Crippen molar-refractivity contribution in [1.29, 1.82) is 0 Å². The number of halogens is 2. The SMILES string of the molecule is Oc1ccc(Cl)cc1Nc1nnc(-c2ccccc2Cl)o1. The molecule has 0 bridgehead atoms. The summed E-state index contributed by atoms with van der Waals surface area (Å²) < 4.78 is 5.48. The lowest BCUT2D eigenvalue weighted by Gasteiger charge is -2.04. The lowest BCUT2D eigenvalue weighted by atomic mass is 10.2. The molecule has 3 aromatic rings. The summed E-state index contributed by atoms with van der Waals surface area (Å²) in [5.41, 5.74) is 1.01. The van der Waals surface area contributed by atoms with Crippen molar-refractivity contribution < 1.29 is 9.52 Å². The Balaban J connectivity index is 1.89. The molecule has 0 aliphatic heterocycles. The molecule has 7 heteroatoms. The standard InChI is InChI=1S/C14H9Cl2N3O2/c15-8-5-6-12(20)11(7-8)17-14-19-18-13(21-14)9-3-1-2-4-10(9)16/h1-7,20H,(H,17,19). The molecule has 0 spiro atoms. The Morgan fingerprint density at radius 2 is 1.86 bits per heavy atom. The summed E-state index contributed by atoms with van der Waals surface area (Å²) in [7, 11) is 0. The third-order valence-corrected chi connectivity index (χ3v) is 3.29.